The molecule has 3 rings (SSSR count). The molecule has 0 bridgehead atoms. The lowest BCUT2D eigenvalue weighted by atomic mass is 10.0. The van der Waals surface area contributed by atoms with Crippen LogP contribution in [0.4, 0.5) is 0 Å². The molecule has 0 N–H and O–H groups in total. The van der Waals surface area contributed by atoms with Gasteiger partial charge in [-0.3, -0.25) is 0 Å². The molecule has 0 saturated carbocycles. The van der Waals surface area contributed by atoms with Crippen LogP contribution in [0.25, 0.3) is 17.2 Å². The zero-order chi connectivity index (χ0) is 23.8. The molecule has 0 aliphatic carbocycles. The van der Waals surface area contributed by atoms with Crippen LogP contribution in [0.2, 0.25) is 0 Å². The lowest BCUT2D eigenvalue weighted by molar-refractivity contribution is -0.130. The first-order chi connectivity index (χ1) is 15.9. The summed E-state index contributed by atoms with van der Waals surface area (Å²) in [5.74, 6) is 0.398. The molecule has 0 aliphatic heterocycles. The van der Waals surface area contributed by atoms with Gasteiger partial charge in [-0.1, -0.05) is 43.0 Å². The molecule has 33 heavy (non-hydrogen) atoms. The Morgan fingerprint density at radius 1 is 0.758 bits per heavy atom. The van der Waals surface area contributed by atoms with Crippen molar-refractivity contribution in [3.05, 3.63) is 90.5 Å². The standard InChI is InChI=1S/C27H24O6/c1-18(2)27(29)32-23-14-15-24(25(17-23)31-4)33-26(28)16-7-19-5-8-20(9-6-19)21-10-12-22(30-3)13-11-21/h5-17H,1H2,2-4H3/b16-7+. The quantitative estimate of drug-likeness (QED) is 0.261. The SMILES string of the molecule is C=C(C)C(=O)Oc1ccc(OC(=O)/C=C/c2ccc(-c3ccc(OC)cc3)cc2)c(OC)c1. The van der Waals surface area contributed by atoms with E-state index in [1.165, 1.54) is 31.4 Å². The van der Waals surface area contributed by atoms with E-state index in [1.807, 2.05) is 48.5 Å². The lowest BCUT2D eigenvalue weighted by Crippen LogP contribution is -2.09. The highest BCUT2D eigenvalue weighted by atomic mass is 16.6. The van der Waals surface area contributed by atoms with Crippen LogP contribution in [-0.4, -0.2) is 26.2 Å². The first-order valence-electron chi connectivity index (χ1n) is 10.1. The molecule has 3 aromatic carbocycles. The summed E-state index contributed by atoms with van der Waals surface area (Å²) in [5.41, 5.74) is 3.23. The molecule has 0 unspecified atom stereocenters. The third-order valence-electron chi connectivity index (χ3n) is 4.65. The van der Waals surface area contributed by atoms with Crippen molar-refractivity contribution >= 4 is 18.0 Å². The summed E-state index contributed by atoms with van der Waals surface area (Å²) < 4.78 is 20.9. The predicted molar refractivity (Wildman–Crippen MR) is 127 cm³/mol. The van der Waals surface area contributed by atoms with Gasteiger partial charge in [0.05, 0.1) is 14.2 Å². The summed E-state index contributed by atoms with van der Waals surface area (Å²) in [6.45, 7) is 5.09. The molecule has 6 nitrogen and oxygen atoms in total. The largest absolute Gasteiger partial charge is 0.497 e. The van der Waals surface area contributed by atoms with Crippen molar-refractivity contribution in [3.8, 4) is 34.1 Å². The highest BCUT2D eigenvalue weighted by molar-refractivity contribution is 5.90. The van der Waals surface area contributed by atoms with Crippen molar-refractivity contribution in [2.45, 2.75) is 6.92 Å². The summed E-state index contributed by atoms with van der Waals surface area (Å²) in [6, 6.07) is 20.0. The van der Waals surface area contributed by atoms with Crippen LogP contribution in [-0.2, 0) is 9.59 Å². The van der Waals surface area contributed by atoms with Gasteiger partial charge in [-0.2, -0.15) is 0 Å². The average molecular weight is 444 g/mol. The van der Waals surface area contributed by atoms with E-state index < -0.39 is 11.9 Å². The van der Waals surface area contributed by atoms with Crippen molar-refractivity contribution in [1.82, 2.24) is 0 Å². The molecule has 168 valence electrons. The van der Waals surface area contributed by atoms with Gasteiger partial charge in [-0.25, -0.2) is 9.59 Å². The van der Waals surface area contributed by atoms with Crippen LogP contribution in [0, 0.1) is 0 Å². The Bertz CT molecular complexity index is 1170. The number of hydrogen-bond donors (Lipinski definition) is 0. The second kappa shape index (κ2) is 10.8. The molecule has 0 radical (unpaired) electrons. The summed E-state index contributed by atoms with van der Waals surface area (Å²) in [6.07, 6.45) is 2.99. The van der Waals surface area contributed by atoms with Crippen LogP contribution in [0.3, 0.4) is 0 Å². The number of carbonyl (C=O) groups is 2. The molecule has 0 atom stereocenters. The minimum Gasteiger partial charge on any atom is -0.497 e. The second-order valence-electron chi connectivity index (χ2n) is 7.09. The highest BCUT2D eigenvalue weighted by Gasteiger charge is 2.12. The number of rotatable bonds is 8. The maximum Gasteiger partial charge on any atom is 0.338 e. The van der Waals surface area contributed by atoms with Crippen LogP contribution >= 0.6 is 0 Å². The third-order valence-corrected chi connectivity index (χ3v) is 4.65. The topological polar surface area (TPSA) is 71.1 Å². The van der Waals surface area contributed by atoms with Gasteiger partial charge in [0.1, 0.15) is 11.5 Å². The number of carbonyl (C=O) groups excluding carboxylic acids is 2. The minimum atomic E-state index is -0.570. The minimum absolute atomic E-state index is 0.206. The molecule has 0 aromatic heterocycles. The molecule has 0 spiro atoms. The third kappa shape index (κ3) is 6.33. The number of esters is 2. The summed E-state index contributed by atoms with van der Waals surface area (Å²) in [7, 11) is 3.06. The van der Waals surface area contributed by atoms with Gasteiger partial charge in [-0.05, 0) is 54.0 Å². The lowest BCUT2D eigenvalue weighted by Gasteiger charge is -2.10. The van der Waals surface area contributed by atoms with Crippen molar-refractivity contribution in [3.63, 3.8) is 0 Å². The number of ether oxygens (including phenoxy) is 4. The zero-order valence-electron chi connectivity index (χ0n) is 18.7. The van der Waals surface area contributed by atoms with Crippen LogP contribution < -0.4 is 18.9 Å². The van der Waals surface area contributed by atoms with Crippen LogP contribution in [0.1, 0.15) is 12.5 Å². The predicted octanol–water partition coefficient (Wildman–Crippen LogP) is 5.47. The van der Waals surface area contributed by atoms with E-state index in [2.05, 4.69) is 6.58 Å². The Labute approximate surface area is 192 Å². The Balaban J connectivity index is 1.64. The maximum absolute atomic E-state index is 12.3. The van der Waals surface area contributed by atoms with Crippen molar-refractivity contribution in [1.29, 1.82) is 0 Å². The molecule has 0 fully saturated rings. The summed E-state index contributed by atoms with van der Waals surface area (Å²) in [5, 5.41) is 0. The van der Waals surface area contributed by atoms with E-state index in [1.54, 1.807) is 20.1 Å². The van der Waals surface area contributed by atoms with E-state index in [0.717, 1.165) is 22.4 Å². The van der Waals surface area contributed by atoms with Gasteiger partial charge in [0.25, 0.3) is 0 Å². The fraction of sp³-hybridized carbons (Fsp3) is 0.111. The van der Waals surface area contributed by atoms with Crippen molar-refractivity contribution in [2.75, 3.05) is 14.2 Å². The Morgan fingerprint density at radius 3 is 1.94 bits per heavy atom. The van der Waals surface area contributed by atoms with Gasteiger partial charge in [0, 0.05) is 17.7 Å². The second-order valence-corrected chi connectivity index (χ2v) is 7.09. The van der Waals surface area contributed by atoms with Crippen LogP contribution in [0.15, 0.2) is 85.0 Å². The van der Waals surface area contributed by atoms with Crippen LogP contribution in [0.5, 0.6) is 23.0 Å². The van der Waals surface area contributed by atoms with E-state index >= 15 is 0 Å². The Morgan fingerprint density at radius 2 is 1.36 bits per heavy atom. The Hall–Kier alpha value is -4.32. The first kappa shape index (κ1) is 23.3. The molecular formula is C27H24O6. The molecule has 0 heterocycles. The van der Waals surface area contributed by atoms with Crippen molar-refractivity contribution in [2.24, 2.45) is 0 Å². The molecule has 0 saturated heterocycles. The monoisotopic (exact) mass is 444 g/mol. The number of hydrogen-bond acceptors (Lipinski definition) is 6. The molecular weight excluding hydrogens is 420 g/mol. The van der Waals surface area contributed by atoms with Gasteiger partial charge in [-0.15, -0.1) is 0 Å². The van der Waals surface area contributed by atoms with Crippen molar-refractivity contribution < 1.29 is 28.5 Å². The van der Waals surface area contributed by atoms with Gasteiger partial charge < -0.3 is 18.9 Å². The average Bonchev–Trinajstić information content (AvgIpc) is 2.84. The van der Waals surface area contributed by atoms with E-state index in [-0.39, 0.29) is 22.8 Å². The van der Waals surface area contributed by atoms with Gasteiger partial charge in [0.15, 0.2) is 11.5 Å². The van der Waals surface area contributed by atoms with Gasteiger partial charge >= 0.3 is 11.9 Å². The maximum atomic E-state index is 12.3. The first-order valence-corrected chi connectivity index (χ1v) is 10.1. The highest BCUT2D eigenvalue weighted by Crippen LogP contribution is 2.32. The number of benzene rings is 3. The molecule has 3 aromatic rings. The fourth-order valence-electron chi connectivity index (χ4n) is 2.87. The fourth-order valence-corrected chi connectivity index (χ4v) is 2.87. The molecule has 0 amide bonds. The molecule has 6 heteroatoms. The zero-order valence-corrected chi connectivity index (χ0v) is 18.7. The van der Waals surface area contributed by atoms with E-state index in [0.29, 0.717) is 0 Å². The smallest absolute Gasteiger partial charge is 0.338 e. The van der Waals surface area contributed by atoms with Gasteiger partial charge in [0.2, 0.25) is 0 Å². The number of methoxy groups -OCH3 is 2. The summed E-state index contributed by atoms with van der Waals surface area (Å²) in [4.78, 5) is 23.9. The Kier molecular flexibility index (Phi) is 7.65. The van der Waals surface area contributed by atoms with E-state index in [4.69, 9.17) is 18.9 Å². The normalized spacial score (nSPS) is 10.5. The van der Waals surface area contributed by atoms with E-state index in [9.17, 15) is 9.59 Å². The summed E-state index contributed by atoms with van der Waals surface area (Å²) >= 11 is 0. The molecule has 0 aliphatic rings.